The fraction of sp³-hybridized carbons (Fsp3) is 0.588. The van der Waals surface area contributed by atoms with Gasteiger partial charge in [-0.25, -0.2) is 0 Å². The molecule has 1 rings (SSSR count). The number of guanidine groups is 1. The van der Waals surface area contributed by atoms with Crippen LogP contribution in [0.15, 0.2) is 29.3 Å². The van der Waals surface area contributed by atoms with Crippen LogP contribution in [0.2, 0.25) is 0 Å². The van der Waals surface area contributed by atoms with E-state index in [1.165, 1.54) is 5.56 Å². The number of nitrogens with zero attached hydrogens (tertiary/aromatic N) is 2. The Bertz CT molecular complexity index is 444. The Morgan fingerprint density at radius 3 is 2.50 bits per heavy atom. The average molecular weight is 307 g/mol. The lowest BCUT2D eigenvalue weighted by molar-refractivity contribution is 0.0776. The molecule has 0 unspecified atom stereocenters. The molecule has 124 valence electrons. The van der Waals surface area contributed by atoms with Gasteiger partial charge in [0.2, 0.25) is 0 Å². The van der Waals surface area contributed by atoms with Gasteiger partial charge in [0.15, 0.2) is 5.96 Å². The Hall–Kier alpha value is -1.75. The molecule has 0 aromatic heterocycles. The van der Waals surface area contributed by atoms with Gasteiger partial charge in [-0.2, -0.15) is 0 Å². The summed E-state index contributed by atoms with van der Waals surface area (Å²) in [4.78, 5) is 6.42. The molecule has 1 aromatic rings. The average Bonchev–Trinajstić information content (AvgIpc) is 2.51. The first kappa shape index (κ1) is 18.3. The first-order chi connectivity index (χ1) is 10.6. The maximum Gasteiger partial charge on any atom is 0.193 e. The normalized spacial score (nSPS) is 11.6. The van der Waals surface area contributed by atoms with Crippen molar-refractivity contribution in [2.75, 3.05) is 34.4 Å². The molecule has 1 N–H and O–H groups in total. The minimum atomic E-state index is 0.289. The second kappa shape index (κ2) is 10.1. The van der Waals surface area contributed by atoms with Crippen LogP contribution in [0.5, 0.6) is 5.75 Å². The second-order valence-corrected chi connectivity index (χ2v) is 5.45. The summed E-state index contributed by atoms with van der Waals surface area (Å²) in [6.07, 6.45) is 1.25. The Balaban J connectivity index is 2.38. The van der Waals surface area contributed by atoms with E-state index in [2.05, 4.69) is 41.2 Å². The molecule has 5 heteroatoms. The molecule has 0 atom stereocenters. The molecule has 0 fully saturated rings. The predicted molar refractivity (Wildman–Crippen MR) is 91.5 cm³/mol. The Morgan fingerprint density at radius 1 is 1.27 bits per heavy atom. The lowest BCUT2D eigenvalue weighted by Gasteiger charge is -2.22. The fourth-order valence-electron chi connectivity index (χ4n) is 2.06. The smallest absolute Gasteiger partial charge is 0.193 e. The van der Waals surface area contributed by atoms with E-state index in [9.17, 15) is 0 Å². The summed E-state index contributed by atoms with van der Waals surface area (Å²) < 4.78 is 10.7. The van der Waals surface area contributed by atoms with Crippen LogP contribution in [-0.2, 0) is 11.3 Å². The van der Waals surface area contributed by atoms with E-state index in [0.29, 0.717) is 0 Å². The third kappa shape index (κ3) is 6.80. The summed E-state index contributed by atoms with van der Waals surface area (Å²) in [5.74, 6) is 1.76. The Labute approximate surface area is 134 Å². The first-order valence-corrected chi connectivity index (χ1v) is 7.73. The van der Waals surface area contributed by atoms with Crippen LogP contribution in [0.25, 0.3) is 0 Å². The van der Waals surface area contributed by atoms with Crippen LogP contribution in [0.1, 0.15) is 25.8 Å². The number of aliphatic imine (C=N–C) groups is 1. The van der Waals surface area contributed by atoms with Gasteiger partial charge in [-0.3, -0.25) is 4.99 Å². The highest BCUT2D eigenvalue weighted by Gasteiger charge is 2.06. The van der Waals surface area contributed by atoms with Gasteiger partial charge in [-0.05, 0) is 38.0 Å². The Morgan fingerprint density at radius 2 is 1.95 bits per heavy atom. The summed E-state index contributed by atoms with van der Waals surface area (Å²) >= 11 is 0. The van der Waals surface area contributed by atoms with Gasteiger partial charge in [-0.1, -0.05) is 12.1 Å². The van der Waals surface area contributed by atoms with E-state index in [1.807, 2.05) is 19.2 Å². The topological polar surface area (TPSA) is 46.1 Å². The van der Waals surface area contributed by atoms with Crippen molar-refractivity contribution in [3.8, 4) is 5.75 Å². The zero-order valence-electron chi connectivity index (χ0n) is 14.4. The summed E-state index contributed by atoms with van der Waals surface area (Å²) in [7, 11) is 5.51. The molecule has 0 saturated carbocycles. The van der Waals surface area contributed by atoms with E-state index in [-0.39, 0.29) is 6.10 Å². The van der Waals surface area contributed by atoms with Crippen LogP contribution in [0.4, 0.5) is 0 Å². The lowest BCUT2D eigenvalue weighted by Crippen LogP contribution is -2.39. The third-order valence-electron chi connectivity index (χ3n) is 3.21. The molecule has 0 aliphatic heterocycles. The summed E-state index contributed by atoms with van der Waals surface area (Å²) in [5, 5.41) is 3.36. The number of hydrogen-bond donors (Lipinski definition) is 1. The number of benzene rings is 1. The number of ether oxygens (including phenoxy) is 2. The number of nitrogens with one attached hydrogen (secondary N) is 1. The van der Waals surface area contributed by atoms with Crippen LogP contribution < -0.4 is 10.1 Å². The maximum absolute atomic E-state index is 5.53. The summed E-state index contributed by atoms with van der Waals surface area (Å²) in [6.45, 7) is 6.52. The zero-order valence-corrected chi connectivity index (χ0v) is 14.4. The van der Waals surface area contributed by atoms with Crippen molar-refractivity contribution in [2.24, 2.45) is 4.99 Å². The zero-order chi connectivity index (χ0) is 16.4. The van der Waals surface area contributed by atoms with Crippen LogP contribution in [-0.4, -0.2) is 51.3 Å². The van der Waals surface area contributed by atoms with E-state index in [1.54, 1.807) is 14.2 Å². The minimum absolute atomic E-state index is 0.289. The molecule has 0 aliphatic rings. The van der Waals surface area contributed by atoms with E-state index < -0.39 is 0 Å². The van der Waals surface area contributed by atoms with Crippen LogP contribution in [0.3, 0.4) is 0 Å². The van der Waals surface area contributed by atoms with Crippen molar-refractivity contribution in [3.05, 3.63) is 29.8 Å². The van der Waals surface area contributed by atoms with Crippen LogP contribution in [0, 0.1) is 0 Å². The third-order valence-corrected chi connectivity index (χ3v) is 3.21. The van der Waals surface area contributed by atoms with Crippen molar-refractivity contribution < 1.29 is 9.47 Å². The lowest BCUT2D eigenvalue weighted by atomic mass is 10.2. The highest BCUT2D eigenvalue weighted by atomic mass is 16.5. The molecule has 5 nitrogen and oxygen atoms in total. The summed E-state index contributed by atoms with van der Waals surface area (Å²) in [5.41, 5.74) is 1.22. The SMILES string of the molecule is CN=C(NCCCOC(C)C)N(C)Cc1ccc(OC)cc1. The van der Waals surface area contributed by atoms with Gasteiger partial charge in [0.1, 0.15) is 5.75 Å². The van der Waals surface area contributed by atoms with Crippen LogP contribution >= 0.6 is 0 Å². The van der Waals surface area contributed by atoms with Gasteiger partial charge in [0.25, 0.3) is 0 Å². The highest BCUT2D eigenvalue weighted by molar-refractivity contribution is 5.79. The molecule has 0 amide bonds. The van der Waals surface area contributed by atoms with Gasteiger partial charge in [0, 0.05) is 33.8 Å². The number of methoxy groups -OCH3 is 1. The van der Waals surface area contributed by atoms with Crippen molar-refractivity contribution in [1.82, 2.24) is 10.2 Å². The molecule has 22 heavy (non-hydrogen) atoms. The molecular weight excluding hydrogens is 278 g/mol. The van der Waals surface area contributed by atoms with Crippen molar-refractivity contribution in [2.45, 2.75) is 32.9 Å². The molecule has 0 heterocycles. The van der Waals surface area contributed by atoms with Gasteiger partial charge < -0.3 is 19.7 Å². The predicted octanol–water partition coefficient (Wildman–Crippen LogP) is 2.52. The monoisotopic (exact) mass is 307 g/mol. The van der Waals surface area contributed by atoms with Crippen molar-refractivity contribution in [1.29, 1.82) is 0 Å². The minimum Gasteiger partial charge on any atom is -0.497 e. The molecule has 0 aliphatic carbocycles. The molecule has 0 radical (unpaired) electrons. The van der Waals surface area contributed by atoms with Gasteiger partial charge >= 0.3 is 0 Å². The van der Waals surface area contributed by atoms with Crippen molar-refractivity contribution >= 4 is 5.96 Å². The standard InChI is InChI=1S/C17H29N3O2/c1-14(2)22-12-6-11-19-17(18-3)20(4)13-15-7-9-16(21-5)10-8-15/h7-10,14H,6,11-13H2,1-5H3,(H,18,19). The van der Waals surface area contributed by atoms with Gasteiger partial charge in [0.05, 0.1) is 13.2 Å². The Kier molecular flexibility index (Phi) is 8.36. The second-order valence-electron chi connectivity index (χ2n) is 5.45. The fourth-order valence-corrected chi connectivity index (χ4v) is 2.06. The maximum atomic E-state index is 5.53. The molecule has 1 aromatic carbocycles. The number of rotatable bonds is 8. The van der Waals surface area contributed by atoms with E-state index in [4.69, 9.17) is 9.47 Å². The summed E-state index contributed by atoms with van der Waals surface area (Å²) in [6, 6.07) is 8.09. The largest absolute Gasteiger partial charge is 0.497 e. The molecular formula is C17H29N3O2. The molecule has 0 spiro atoms. The molecule has 0 bridgehead atoms. The first-order valence-electron chi connectivity index (χ1n) is 7.73. The van der Waals surface area contributed by atoms with Gasteiger partial charge in [-0.15, -0.1) is 0 Å². The van der Waals surface area contributed by atoms with Crippen molar-refractivity contribution in [3.63, 3.8) is 0 Å². The molecule has 0 saturated heterocycles. The highest BCUT2D eigenvalue weighted by Crippen LogP contribution is 2.12. The number of hydrogen-bond acceptors (Lipinski definition) is 3. The quantitative estimate of drug-likeness (QED) is 0.455. The van der Waals surface area contributed by atoms with E-state index in [0.717, 1.165) is 37.8 Å². The van der Waals surface area contributed by atoms with E-state index >= 15 is 0 Å².